The summed E-state index contributed by atoms with van der Waals surface area (Å²) in [7, 11) is 0. The molecule has 0 heterocycles. The minimum absolute atomic E-state index is 0.0726. The van der Waals surface area contributed by atoms with Crippen LogP contribution in [0.25, 0.3) is 0 Å². The first-order valence-corrected chi connectivity index (χ1v) is 4.58. The number of hydrogen-bond acceptors (Lipinski definition) is 1. The molecular weight excluding hydrogens is 136 g/mol. The fourth-order valence-corrected chi connectivity index (χ4v) is 1.92. The van der Waals surface area contributed by atoms with Crippen LogP contribution in [0.4, 0.5) is 0 Å². The van der Waals surface area contributed by atoms with Gasteiger partial charge in [0.25, 0.3) is 0 Å². The average Bonchev–Trinajstić information content (AvgIpc) is 1.85. The van der Waals surface area contributed by atoms with Crippen molar-refractivity contribution in [2.45, 2.75) is 45.6 Å². The molecule has 64 valence electrons. The highest BCUT2D eigenvalue weighted by Gasteiger charge is 2.19. The Labute approximate surface area is 69.1 Å². The largest absolute Gasteiger partial charge is 0.393 e. The maximum atomic E-state index is 9.44. The lowest BCUT2D eigenvalue weighted by Crippen LogP contribution is -2.19. The van der Waals surface area contributed by atoms with Crippen LogP contribution >= 0.6 is 0 Å². The molecular formula is C10H18O. The molecule has 1 aliphatic carbocycles. The molecule has 2 atom stereocenters. The summed E-state index contributed by atoms with van der Waals surface area (Å²) in [6, 6.07) is 0. The van der Waals surface area contributed by atoms with Crippen LogP contribution in [0.1, 0.15) is 39.5 Å². The minimum atomic E-state index is -0.0726. The van der Waals surface area contributed by atoms with Crippen LogP contribution < -0.4 is 0 Å². The maximum Gasteiger partial charge on any atom is 0.0580 e. The summed E-state index contributed by atoms with van der Waals surface area (Å²) in [6.07, 6.45) is 6.40. The summed E-state index contributed by atoms with van der Waals surface area (Å²) < 4.78 is 0. The molecule has 1 fully saturated rings. The van der Waals surface area contributed by atoms with Crippen molar-refractivity contribution in [3.8, 4) is 0 Å². The molecule has 1 nitrogen and oxygen atoms in total. The first-order valence-electron chi connectivity index (χ1n) is 4.58. The van der Waals surface area contributed by atoms with E-state index in [0.29, 0.717) is 5.92 Å². The van der Waals surface area contributed by atoms with E-state index in [4.69, 9.17) is 0 Å². The second-order valence-corrected chi connectivity index (χ2v) is 3.67. The summed E-state index contributed by atoms with van der Waals surface area (Å²) in [5, 5.41) is 9.44. The highest BCUT2D eigenvalue weighted by molar-refractivity contribution is 5.07. The van der Waals surface area contributed by atoms with Gasteiger partial charge in [-0.05, 0) is 31.6 Å². The molecule has 0 aromatic carbocycles. The zero-order valence-electron chi connectivity index (χ0n) is 7.51. The van der Waals surface area contributed by atoms with Gasteiger partial charge in [-0.1, -0.05) is 25.5 Å². The number of aliphatic hydroxyl groups is 1. The number of rotatable bonds is 1. The van der Waals surface area contributed by atoms with Crippen molar-refractivity contribution < 1.29 is 5.11 Å². The van der Waals surface area contributed by atoms with E-state index in [0.717, 1.165) is 19.3 Å². The zero-order valence-corrected chi connectivity index (χ0v) is 7.51. The van der Waals surface area contributed by atoms with Gasteiger partial charge in [0, 0.05) is 0 Å². The first kappa shape index (κ1) is 8.79. The molecule has 1 saturated carbocycles. The fraction of sp³-hybridized carbons (Fsp3) is 0.800. The molecule has 1 N–H and O–H groups in total. The van der Waals surface area contributed by atoms with Gasteiger partial charge >= 0.3 is 0 Å². The second-order valence-electron chi connectivity index (χ2n) is 3.67. The topological polar surface area (TPSA) is 20.2 Å². The molecule has 11 heavy (non-hydrogen) atoms. The van der Waals surface area contributed by atoms with Crippen LogP contribution in [0, 0.1) is 5.92 Å². The van der Waals surface area contributed by atoms with Gasteiger partial charge in [-0.25, -0.2) is 0 Å². The van der Waals surface area contributed by atoms with Crippen molar-refractivity contribution in [3.05, 3.63) is 11.6 Å². The van der Waals surface area contributed by atoms with Crippen LogP contribution in [0.5, 0.6) is 0 Å². The van der Waals surface area contributed by atoms with E-state index in [1.54, 1.807) is 0 Å². The number of allylic oxidation sites excluding steroid dienone is 1. The van der Waals surface area contributed by atoms with E-state index in [-0.39, 0.29) is 6.10 Å². The highest BCUT2D eigenvalue weighted by Crippen LogP contribution is 2.28. The van der Waals surface area contributed by atoms with Crippen LogP contribution in [0.15, 0.2) is 11.6 Å². The van der Waals surface area contributed by atoms with Gasteiger partial charge in [-0.2, -0.15) is 0 Å². The maximum absolute atomic E-state index is 9.44. The van der Waals surface area contributed by atoms with Crippen molar-refractivity contribution in [1.82, 2.24) is 0 Å². The number of hydrogen-bond donors (Lipinski definition) is 1. The third kappa shape index (κ3) is 2.66. The van der Waals surface area contributed by atoms with Gasteiger partial charge < -0.3 is 5.11 Å². The number of aliphatic hydroxyl groups excluding tert-OH is 1. The van der Waals surface area contributed by atoms with E-state index in [9.17, 15) is 5.11 Å². The Bertz CT molecular complexity index is 137. The molecule has 0 aromatic rings. The standard InChI is InChI=1S/C10H18O/c1-3-4-9-5-8(2)6-10(11)7-9/h4,8,10-11H,3,5-7H2,1-2H3. The van der Waals surface area contributed by atoms with E-state index in [2.05, 4.69) is 19.9 Å². The van der Waals surface area contributed by atoms with E-state index in [1.807, 2.05) is 0 Å². The Morgan fingerprint density at radius 3 is 2.82 bits per heavy atom. The zero-order chi connectivity index (χ0) is 8.27. The normalized spacial score (nSPS) is 36.1. The monoisotopic (exact) mass is 154 g/mol. The van der Waals surface area contributed by atoms with Crippen molar-refractivity contribution in [2.75, 3.05) is 0 Å². The van der Waals surface area contributed by atoms with Gasteiger partial charge in [0.1, 0.15) is 0 Å². The molecule has 0 bridgehead atoms. The van der Waals surface area contributed by atoms with Crippen LogP contribution in [0.3, 0.4) is 0 Å². The molecule has 0 spiro atoms. The quantitative estimate of drug-likeness (QED) is 0.575. The first-order chi connectivity index (χ1) is 5.22. The molecule has 1 rings (SSSR count). The summed E-state index contributed by atoms with van der Waals surface area (Å²) in [4.78, 5) is 0. The molecule has 0 amide bonds. The van der Waals surface area contributed by atoms with Crippen molar-refractivity contribution >= 4 is 0 Å². The lowest BCUT2D eigenvalue weighted by molar-refractivity contribution is 0.128. The molecule has 1 heteroatoms. The Hall–Kier alpha value is -0.300. The summed E-state index contributed by atoms with van der Waals surface area (Å²) in [6.45, 7) is 4.37. The summed E-state index contributed by atoms with van der Waals surface area (Å²) in [5.74, 6) is 0.677. The van der Waals surface area contributed by atoms with Gasteiger partial charge in [-0.3, -0.25) is 0 Å². The fourth-order valence-electron chi connectivity index (χ4n) is 1.92. The Morgan fingerprint density at radius 2 is 2.27 bits per heavy atom. The minimum Gasteiger partial charge on any atom is -0.393 e. The van der Waals surface area contributed by atoms with Gasteiger partial charge in [0.05, 0.1) is 6.10 Å². The van der Waals surface area contributed by atoms with Crippen molar-refractivity contribution in [3.63, 3.8) is 0 Å². The third-order valence-corrected chi connectivity index (χ3v) is 2.28. The van der Waals surface area contributed by atoms with Crippen LogP contribution in [0.2, 0.25) is 0 Å². The molecule has 1 aliphatic rings. The van der Waals surface area contributed by atoms with E-state index < -0.39 is 0 Å². The van der Waals surface area contributed by atoms with E-state index >= 15 is 0 Å². The average molecular weight is 154 g/mol. The Balaban J connectivity index is 2.49. The van der Waals surface area contributed by atoms with Gasteiger partial charge in [-0.15, -0.1) is 0 Å². The van der Waals surface area contributed by atoms with Crippen LogP contribution in [-0.4, -0.2) is 11.2 Å². The smallest absolute Gasteiger partial charge is 0.0580 e. The summed E-state index contributed by atoms with van der Waals surface area (Å²) >= 11 is 0. The molecule has 0 radical (unpaired) electrons. The lowest BCUT2D eigenvalue weighted by Gasteiger charge is -2.25. The predicted octanol–water partition coefficient (Wildman–Crippen LogP) is 2.50. The van der Waals surface area contributed by atoms with Crippen molar-refractivity contribution in [2.24, 2.45) is 5.92 Å². The van der Waals surface area contributed by atoms with Gasteiger partial charge in [0.2, 0.25) is 0 Å². The van der Waals surface area contributed by atoms with E-state index in [1.165, 1.54) is 12.0 Å². The SMILES string of the molecule is CCC=C1CC(C)CC(O)C1. The predicted molar refractivity (Wildman–Crippen MR) is 47.4 cm³/mol. The second kappa shape index (κ2) is 3.91. The summed E-state index contributed by atoms with van der Waals surface area (Å²) in [5.41, 5.74) is 1.46. The van der Waals surface area contributed by atoms with Crippen molar-refractivity contribution in [1.29, 1.82) is 0 Å². The Kier molecular flexibility index (Phi) is 3.13. The molecule has 0 saturated heterocycles. The molecule has 2 unspecified atom stereocenters. The van der Waals surface area contributed by atoms with Crippen LogP contribution in [-0.2, 0) is 0 Å². The molecule has 0 aliphatic heterocycles. The lowest BCUT2D eigenvalue weighted by atomic mass is 9.84. The highest BCUT2D eigenvalue weighted by atomic mass is 16.3. The van der Waals surface area contributed by atoms with Gasteiger partial charge in [0.15, 0.2) is 0 Å². The molecule has 0 aromatic heterocycles. The Morgan fingerprint density at radius 1 is 1.55 bits per heavy atom. The third-order valence-electron chi connectivity index (χ3n) is 2.28.